The molecule has 5 heteroatoms. The van der Waals surface area contributed by atoms with Gasteiger partial charge in [-0.2, -0.15) is 0 Å². The van der Waals surface area contributed by atoms with Crippen molar-refractivity contribution in [2.45, 2.75) is 52.0 Å². The SMILES string of the molecule is COCC(C)NC(=O)CN1CCC(c2cc(Cc3ccc(C)cc3)cc(C)n2)CC1. The highest BCUT2D eigenvalue weighted by Crippen LogP contribution is 2.28. The van der Waals surface area contributed by atoms with Crippen molar-refractivity contribution in [2.75, 3.05) is 33.4 Å². The second-order valence-electron chi connectivity index (χ2n) is 8.68. The number of hydrogen-bond donors (Lipinski definition) is 1. The molecule has 1 aromatic heterocycles. The first-order valence-electron chi connectivity index (χ1n) is 11.0. The molecule has 1 aliphatic heterocycles. The predicted octanol–water partition coefficient (Wildman–Crippen LogP) is 3.62. The van der Waals surface area contributed by atoms with Gasteiger partial charge in [-0.05, 0) is 76.4 Å². The Morgan fingerprint density at radius 3 is 2.53 bits per heavy atom. The molecule has 30 heavy (non-hydrogen) atoms. The Morgan fingerprint density at radius 2 is 1.87 bits per heavy atom. The molecule has 0 aliphatic carbocycles. The zero-order valence-electron chi connectivity index (χ0n) is 18.8. The molecular weight excluding hydrogens is 374 g/mol. The molecule has 0 spiro atoms. The number of piperidine rings is 1. The molecule has 1 amide bonds. The highest BCUT2D eigenvalue weighted by atomic mass is 16.5. The molecule has 1 aromatic carbocycles. The largest absolute Gasteiger partial charge is 0.383 e. The van der Waals surface area contributed by atoms with Crippen LogP contribution >= 0.6 is 0 Å². The van der Waals surface area contributed by atoms with Crippen LogP contribution in [-0.4, -0.2) is 55.2 Å². The summed E-state index contributed by atoms with van der Waals surface area (Å²) in [5.74, 6) is 0.542. The molecule has 1 N–H and O–H groups in total. The molecule has 1 fully saturated rings. The van der Waals surface area contributed by atoms with Crippen LogP contribution in [0.25, 0.3) is 0 Å². The lowest BCUT2D eigenvalue weighted by atomic mass is 9.91. The molecule has 1 aliphatic rings. The Morgan fingerprint density at radius 1 is 1.17 bits per heavy atom. The summed E-state index contributed by atoms with van der Waals surface area (Å²) in [6, 6.07) is 13.3. The molecule has 5 nitrogen and oxygen atoms in total. The van der Waals surface area contributed by atoms with Crippen LogP contribution < -0.4 is 5.32 Å². The van der Waals surface area contributed by atoms with Crippen molar-refractivity contribution >= 4 is 5.91 Å². The number of pyridine rings is 1. The molecule has 162 valence electrons. The van der Waals surface area contributed by atoms with E-state index in [1.54, 1.807) is 7.11 Å². The van der Waals surface area contributed by atoms with Gasteiger partial charge < -0.3 is 10.1 Å². The summed E-state index contributed by atoms with van der Waals surface area (Å²) in [4.78, 5) is 19.3. The normalized spacial score (nSPS) is 16.4. The second kappa shape index (κ2) is 10.7. The number of nitrogens with one attached hydrogen (secondary N) is 1. The van der Waals surface area contributed by atoms with Crippen molar-refractivity contribution in [3.8, 4) is 0 Å². The van der Waals surface area contributed by atoms with E-state index in [-0.39, 0.29) is 11.9 Å². The monoisotopic (exact) mass is 409 g/mol. The van der Waals surface area contributed by atoms with Crippen LogP contribution in [0.15, 0.2) is 36.4 Å². The number of rotatable bonds is 8. The fourth-order valence-corrected chi connectivity index (χ4v) is 4.22. The van der Waals surface area contributed by atoms with Crippen molar-refractivity contribution in [1.29, 1.82) is 0 Å². The van der Waals surface area contributed by atoms with Gasteiger partial charge in [-0.15, -0.1) is 0 Å². The smallest absolute Gasteiger partial charge is 0.234 e. The maximum Gasteiger partial charge on any atom is 0.234 e. The van der Waals surface area contributed by atoms with Gasteiger partial charge in [0.1, 0.15) is 0 Å². The predicted molar refractivity (Wildman–Crippen MR) is 121 cm³/mol. The van der Waals surface area contributed by atoms with E-state index in [1.165, 1.54) is 22.4 Å². The van der Waals surface area contributed by atoms with Gasteiger partial charge in [-0.1, -0.05) is 29.8 Å². The van der Waals surface area contributed by atoms with Gasteiger partial charge in [0.05, 0.1) is 13.2 Å². The van der Waals surface area contributed by atoms with Crippen LogP contribution in [0.1, 0.15) is 53.8 Å². The van der Waals surface area contributed by atoms with Crippen molar-refractivity contribution in [3.05, 3.63) is 64.5 Å². The summed E-state index contributed by atoms with van der Waals surface area (Å²) < 4.78 is 5.08. The van der Waals surface area contributed by atoms with E-state index < -0.39 is 0 Å². The average molecular weight is 410 g/mol. The lowest BCUT2D eigenvalue weighted by molar-refractivity contribution is -0.123. The number of aromatic nitrogens is 1. The van der Waals surface area contributed by atoms with E-state index in [2.05, 4.69) is 60.5 Å². The van der Waals surface area contributed by atoms with Gasteiger partial charge in [0.15, 0.2) is 0 Å². The van der Waals surface area contributed by atoms with Crippen molar-refractivity contribution in [3.63, 3.8) is 0 Å². The van der Waals surface area contributed by atoms with Gasteiger partial charge in [-0.25, -0.2) is 0 Å². The molecule has 1 unspecified atom stereocenters. The molecule has 2 heterocycles. The Hall–Kier alpha value is -2.24. The molecule has 0 radical (unpaired) electrons. The Balaban J connectivity index is 1.55. The number of hydrogen-bond acceptors (Lipinski definition) is 4. The summed E-state index contributed by atoms with van der Waals surface area (Å²) >= 11 is 0. The second-order valence-corrected chi connectivity index (χ2v) is 8.68. The first-order valence-corrected chi connectivity index (χ1v) is 11.0. The van der Waals surface area contributed by atoms with E-state index in [0.29, 0.717) is 19.1 Å². The van der Waals surface area contributed by atoms with E-state index in [4.69, 9.17) is 9.72 Å². The quantitative estimate of drug-likeness (QED) is 0.724. The zero-order valence-corrected chi connectivity index (χ0v) is 18.8. The third-order valence-corrected chi connectivity index (χ3v) is 5.76. The van der Waals surface area contributed by atoms with E-state index >= 15 is 0 Å². The third kappa shape index (κ3) is 6.64. The number of nitrogens with zero attached hydrogens (tertiary/aromatic N) is 2. The minimum Gasteiger partial charge on any atom is -0.383 e. The van der Waals surface area contributed by atoms with Crippen LogP contribution in [0.3, 0.4) is 0 Å². The van der Waals surface area contributed by atoms with Gasteiger partial charge in [0, 0.05) is 30.5 Å². The Bertz CT molecular complexity index is 827. The van der Waals surface area contributed by atoms with Crippen molar-refractivity contribution < 1.29 is 9.53 Å². The summed E-state index contributed by atoms with van der Waals surface area (Å²) in [7, 11) is 1.65. The molecule has 0 bridgehead atoms. The average Bonchev–Trinajstić information content (AvgIpc) is 2.70. The molecule has 3 rings (SSSR count). The standard InChI is InChI=1S/C25H35N3O2/c1-18-5-7-21(8-6-18)14-22-13-19(2)26-24(15-22)23-9-11-28(12-10-23)16-25(29)27-20(3)17-30-4/h5-8,13,15,20,23H,9-12,14,16-17H2,1-4H3,(H,27,29). The summed E-state index contributed by atoms with van der Waals surface area (Å²) in [5, 5.41) is 2.99. The number of carbonyl (C=O) groups is 1. The number of ether oxygens (including phenoxy) is 1. The van der Waals surface area contributed by atoms with Crippen LogP contribution in [0.2, 0.25) is 0 Å². The molecule has 0 saturated carbocycles. The Kier molecular flexibility index (Phi) is 8.00. The van der Waals surface area contributed by atoms with E-state index in [9.17, 15) is 4.79 Å². The fraction of sp³-hybridized carbons (Fsp3) is 0.520. The first kappa shape index (κ1) is 22.4. The number of amides is 1. The third-order valence-electron chi connectivity index (χ3n) is 5.76. The number of benzene rings is 1. The lowest BCUT2D eigenvalue weighted by Gasteiger charge is -2.31. The number of carbonyl (C=O) groups excluding carboxylic acids is 1. The summed E-state index contributed by atoms with van der Waals surface area (Å²) in [5.41, 5.74) is 6.24. The van der Waals surface area contributed by atoms with Gasteiger partial charge in [0.2, 0.25) is 5.91 Å². The highest BCUT2D eigenvalue weighted by molar-refractivity contribution is 5.78. The van der Waals surface area contributed by atoms with Gasteiger partial charge in [-0.3, -0.25) is 14.7 Å². The van der Waals surface area contributed by atoms with E-state index in [1.807, 2.05) is 6.92 Å². The summed E-state index contributed by atoms with van der Waals surface area (Å²) in [6.07, 6.45) is 3.03. The van der Waals surface area contributed by atoms with Crippen LogP contribution in [0.5, 0.6) is 0 Å². The Labute approximate surface area is 180 Å². The maximum absolute atomic E-state index is 12.2. The van der Waals surface area contributed by atoms with Crippen LogP contribution in [-0.2, 0) is 16.0 Å². The van der Waals surface area contributed by atoms with Crippen molar-refractivity contribution in [1.82, 2.24) is 15.2 Å². The minimum atomic E-state index is 0.0449. The zero-order chi connectivity index (χ0) is 21.5. The van der Waals surface area contributed by atoms with Crippen LogP contribution in [0, 0.1) is 13.8 Å². The minimum absolute atomic E-state index is 0.0449. The lowest BCUT2D eigenvalue weighted by Crippen LogP contribution is -2.44. The van der Waals surface area contributed by atoms with Gasteiger partial charge in [0.25, 0.3) is 0 Å². The first-order chi connectivity index (χ1) is 14.4. The van der Waals surface area contributed by atoms with E-state index in [0.717, 1.165) is 38.0 Å². The molecular formula is C25H35N3O2. The highest BCUT2D eigenvalue weighted by Gasteiger charge is 2.23. The number of aryl methyl sites for hydroxylation is 2. The fourth-order valence-electron chi connectivity index (χ4n) is 4.22. The molecule has 2 aromatic rings. The van der Waals surface area contributed by atoms with Gasteiger partial charge >= 0.3 is 0 Å². The molecule has 1 atom stereocenters. The maximum atomic E-state index is 12.2. The number of likely N-dealkylation sites (tertiary alicyclic amines) is 1. The number of methoxy groups -OCH3 is 1. The van der Waals surface area contributed by atoms with Crippen LogP contribution in [0.4, 0.5) is 0 Å². The topological polar surface area (TPSA) is 54.5 Å². The van der Waals surface area contributed by atoms with Crippen molar-refractivity contribution in [2.24, 2.45) is 0 Å². The summed E-state index contributed by atoms with van der Waals surface area (Å²) in [6.45, 7) is 9.03. The molecule has 1 saturated heterocycles.